The Bertz CT molecular complexity index is 358. The van der Waals surface area contributed by atoms with E-state index in [2.05, 4.69) is 6.92 Å². The fourth-order valence-corrected chi connectivity index (χ4v) is 2.86. The summed E-state index contributed by atoms with van der Waals surface area (Å²) < 4.78 is 0. The number of nitrogens with zero attached hydrogens (tertiary/aromatic N) is 2. The zero-order valence-corrected chi connectivity index (χ0v) is 11.2. The van der Waals surface area contributed by atoms with Crippen LogP contribution >= 0.6 is 0 Å². The largest absolute Gasteiger partial charge is 0.481 e. The summed E-state index contributed by atoms with van der Waals surface area (Å²) >= 11 is 0. The quantitative estimate of drug-likeness (QED) is 0.773. The lowest BCUT2D eigenvalue weighted by Gasteiger charge is -2.34. The molecule has 0 radical (unpaired) electrons. The molecule has 2 unspecified atom stereocenters. The summed E-state index contributed by atoms with van der Waals surface area (Å²) in [6.45, 7) is 6.40. The molecule has 0 saturated carbocycles. The van der Waals surface area contributed by atoms with Crippen LogP contribution in [-0.2, 0) is 4.79 Å². The molecule has 18 heavy (non-hydrogen) atoms. The second-order valence-electron chi connectivity index (χ2n) is 6.01. The lowest BCUT2D eigenvalue weighted by atomic mass is 9.90. The monoisotopic (exact) mass is 254 g/mol. The van der Waals surface area contributed by atoms with Crippen molar-refractivity contribution in [2.24, 2.45) is 11.3 Å². The maximum absolute atomic E-state index is 12.3. The molecule has 2 amide bonds. The lowest BCUT2D eigenvalue weighted by molar-refractivity contribution is -0.147. The molecule has 0 aromatic rings. The van der Waals surface area contributed by atoms with Gasteiger partial charge in [0.2, 0.25) is 0 Å². The van der Waals surface area contributed by atoms with Crippen LogP contribution in [0.3, 0.4) is 0 Å². The Morgan fingerprint density at radius 1 is 1.28 bits per heavy atom. The van der Waals surface area contributed by atoms with Gasteiger partial charge in [0, 0.05) is 26.2 Å². The number of likely N-dealkylation sites (tertiary alicyclic amines) is 2. The molecule has 0 aromatic carbocycles. The van der Waals surface area contributed by atoms with Gasteiger partial charge in [-0.3, -0.25) is 4.79 Å². The number of rotatable bonds is 1. The summed E-state index contributed by atoms with van der Waals surface area (Å²) in [6, 6.07) is 0.0199. The number of hydrogen-bond donors (Lipinski definition) is 1. The summed E-state index contributed by atoms with van der Waals surface area (Å²) in [4.78, 5) is 27.1. The highest BCUT2D eigenvalue weighted by molar-refractivity contribution is 5.79. The van der Waals surface area contributed by atoms with Crippen molar-refractivity contribution < 1.29 is 14.7 Å². The highest BCUT2D eigenvalue weighted by atomic mass is 16.4. The van der Waals surface area contributed by atoms with Crippen molar-refractivity contribution in [1.82, 2.24) is 9.80 Å². The number of carbonyl (C=O) groups excluding carboxylic acids is 1. The minimum absolute atomic E-state index is 0.0199. The Kier molecular flexibility index (Phi) is 3.50. The van der Waals surface area contributed by atoms with Crippen LogP contribution in [0.1, 0.15) is 33.1 Å². The molecule has 0 bridgehead atoms. The molecule has 2 aliphatic rings. The number of piperidine rings is 1. The molecule has 2 aliphatic heterocycles. The average molecular weight is 254 g/mol. The smallest absolute Gasteiger partial charge is 0.320 e. The van der Waals surface area contributed by atoms with Crippen molar-refractivity contribution in [3.8, 4) is 0 Å². The topological polar surface area (TPSA) is 60.9 Å². The molecular formula is C13H22N2O3. The number of aliphatic carboxylic acids is 1. The number of amides is 2. The van der Waals surface area contributed by atoms with Gasteiger partial charge in [0.05, 0.1) is 5.41 Å². The van der Waals surface area contributed by atoms with E-state index in [4.69, 9.17) is 0 Å². The van der Waals surface area contributed by atoms with Crippen molar-refractivity contribution in [2.45, 2.75) is 33.1 Å². The number of hydrogen-bond acceptors (Lipinski definition) is 2. The Morgan fingerprint density at radius 2 is 2.00 bits per heavy atom. The van der Waals surface area contributed by atoms with E-state index in [0.717, 1.165) is 19.5 Å². The van der Waals surface area contributed by atoms with Gasteiger partial charge >= 0.3 is 12.0 Å². The van der Waals surface area contributed by atoms with Gasteiger partial charge in [0.1, 0.15) is 0 Å². The van der Waals surface area contributed by atoms with Crippen molar-refractivity contribution in [2.75, 3.05) is 26.2 Å². The summed E-state index contributed by atoms with van der Waals surface area (Å²) in [5.74, 6) is -0.249. The molecule has 5 nitrogen and oxygen atoms in total. The zero-order chi connectivity index (χ0) is 13.3. The van der Waals surface area contributed by atoms with E-state index in [0.29, 0.717) is 25.4 Å². The van der Waals surface area contributed by atoms with Gasteiger partial charge in [-0.25, -0.2) is 4.79 Å². The van der Waals surface area contributed by atoms with E-state index in [-0.39, 0.29) is 6.03 Å². The fourth-order valence-electron chi connectivity index (χ4n) is 2.86. The van der Waals surface area contributed by atoms with E-state index < -0.39 is 11.4 Å². The van der Waals surface area contributed by atoms with Gasteiger partial charge in [-0.2, -0.15) is 0 Å². The molecule has 2 atom stereocenters. The highest BCUT2D eigenvalue weighted by Gasteiger charge is 2.43. The highest BCUT2D eigenvalue weighted by Crippen LogP contribution is 2.31. The van der Waals surface area contributed by atoms with E-state index in [1.54, 1.807) is 11.8 Å². The van der Waals surface area contributed by atoms with Crippen LogP contribution in [0.4, 0.5) is 4.79 Å². The number of carbonyl (C=O) groups is 2. The number of carboxylic acids is 1. The normalized spacial score (nSPS) is 32.7. The van der Waals surface area contributed by atoms with Gasteiger partial charge in [-0.15, -0.1) is 0 Å². The molecule has 1 N–H and O–H groups in total. The minimum atomic E-state index is -0.801. The Hall–Kier alpha value is -1.26. The number of carboxylic acid groups (broad SMARTS) is 1. The minimum Gasteiger partial charge on any atom is -0.481 e. The van der Waals surface area contributed by atoms with Crippen molar-refractivity contribution in [3.05, 3.63) is 0 Å². The third-order valence-corrected chi connectivity index (χ3v) is 4.19. The van der Waals surface area contributed by atoms with Crippen molar-refractivity contribution >= 4 is 12.0 Å². The van der Waals surface area contributed by atoms with Crippen molar-refractivity contribution in [3.63, 3.8) is 0 Å². The second-order valence-corrected chi connectivity index (χ2v) is 6.01. The van der Waals surface area contributed by atoms with E-state index in [1.165, 1.54) is 6.42 Å². The molecule has 2 heterocycles. The summed E-state index contributed by atoms with van der Waals surface area (Å²) in [6.07, 6.45) is 2.78. The predicted octanol–water partition coefficient (Wildman–Crippen LogP) is 1.63. The zero-order valence-electron chi connectivity index (χ0n) is 11.2. The van der Waals surface area contributed by atoms with Crippen LogP contribution in [0.5, 0.6) is 0 Å². The molecule has 0 aliphatic carbocycles. The van der Waals surface area contributed by atoms with E-state index in [1.807, 2.05) is 4.90 Å². The second kappa shape index (κ2) is 4.78. The third-order valence-electron chi connectivity index (χ3n) is 4.19. The Balaban J connectivity index is 1.97. The van der Waals surface area contributed by atoms with Crippen molar-refractivity contribution in [1.29, 1.82) is 0 Å². The van der Waals surface area contributed by atoms with Crippen LogP contribution in [0.2, 0.25) is 0 Å². The molecular weight excluding hydrogens is 232 g/mol. The molecule has 102 valence electrons. The van der Waals surface area contributed by atoms with Gasteiger partial charge in [0.25, 0.3) is 0 Å². The molecule has 0 spiro atoms. The standard InChI is InChI=1S/C13H22N2O3/c1-10-4-3-6-14(8-10)12(18)15-7-5-13(2,9-15)11(16)17/h10H,3-9H2,1-2H3,(H,16,17). The van der Waals surface area contributed by atoms with Gasteiger partial charge in [0.15, 0.2) is 0 Å². The molecule has 2 fully saturated rings. The first-order valence-electron chi connectivity index (χ1n) is 6.69. The van der Waals surface area contributed by atoms with E-state index in [9.17, 15) is 14.7 Å². The first-order chi connectivity index (χ1) is 8.42. The van der Waals surface area contributed by atoms with Crippen LogP contribution < -0.4 is 0 Å². The third kappa shape index (κ3) is 2.44. The summed E-state index contributed by atoms with van der Waals surface area (Å²) in [5.41, 5.74) is -0.767. The van der Waals surface area contributed by atoms with E-state index >= 15 is 0 Å². The van der Waals surface area contributed by atoms with Gasteiger partial charge in [-0.05, 0) is 32.1 Å². The molecule has 5 heteroatoms. The first-order valence-corrected chi connectivity index (χ1v) is 6.69. The maximum Gasteiger partial charge on any atom is 0.320 e. The number of urea groups is 1. The SMILES string of the molecule is CC1CCCN(C(=O)N2CCC(C)(C(=O)O)C2)C1. The molecule has 2 saturated heterocycles. The van der Waals surface area contributed by atoms with Crippen LogP contribution in [0, 0.1) is 11.3 Å². The van der Waals surface area contributed by atoms with Gasteiger partial charge in [-0.1, -0.05) is 6.92 Å². The van der Waals surface area contributed by atoms with Crippen LogP contribution in [0.25, 0.3) is 0 Å². The average Bonchev–Trinajstić information content (AvgIpc) is 2.72. The fraction of sp³-hybridized carbons (Fsp3) is 0.846. The van der Waals surface area contributed by atoms with Crippen LogP contribution in [-0.4, -0.2) is 53.1 Å². The summed E-state index contributed by atoms with van der Waals surface area (Å²) in [7, 11) is 0. The Morgan fingerprint density at radius 3 is 2.56 bits per heavy atom. The Labute approximate surface area is 108 Å². The van der Waals surface area contributed by atoms with Gasteiger partial charge < -0.3 is 14.9 Å². The molecule has 0 aromatic heterocycles. The first kappa shape index (κ1) is 13.2. The summed E-state index contributed by atoms with van der Waals surface area (Å²) in [5, 5.41) is 9.17. The molecule has 2 rings (SSSR count). The maximum atomic E-state index is 12.3. The lowest BCUT2D eigenvalue weighted by Crippen LogP contribution is -2.47. The van der Waals surface area contributed by atoms with Crippen LogP contribution in [0.15, 0.2) is 0 Å². The predicted molar refractivity (Wildman–Crippen MR) is 67.3 cm³/mol.